The highest BCUT2D eigenvalue weighted by Crippen LogP contribution is 2.32. The third-order valence-corrected chi connectivity index (χ3v) is 4.07. The molecule has 1 aliphatic heterocycles. The number of ether oxygens (including phenoxy) is 2. The van der Waals surface area contributed by atoms with E-state index in [1.54, 1.807) is 11.1 Å². The van der Waals surface area contributed by atoms with Gasteiger partial charge in [-0.2, -0.15) is 0 Å². The number of nitrogens with zero attached hydrogens (tertiary/aromatic N) is 1. The van der Waals surface area contributed by atoms with Crippen molar-refractivity contribution in [1.29, 1.82) is 0 Å². The summed E-state index contributed by atoms with van der Waals surface area (Å²) < 4.78 is 10.7. The second kappa shape index (κ2) is 7.66. The standard InChI is InChI=1S/C22H18N2O3/c25-22(14-12-17-11-13-20-21(15-17)27-16-26-20)23-24(18-7-3-1-4-8-18)19-9-5-2-6-10-19/h1-15H,16H2,(H,23,25)/b14-12+. The predicted octanol–water partition coefficient (Wildman–Crippen LogP) is 4.30. The zero-order valence-electron chi connectivity index (χ0n) is 14.5. The normalized spacial score (nSPS) is 12.1. The molecule has 1 N–H and O–H groups in total. The molecule has 0 aromatic heterocycles. The van der Waals surface area contributed by atoms with Crippen molar-refractivity contribution in [1.82, 2.24) is 5.43 Å². The quantitative estimate of drug-likeness (QED) is 0.546. The van der Waals surface area contributed by atoms with Crippen molar-refractivity contribution in [2.75, 3.05) is 11.8 Å². The van der Waals surface area contributed by atoms with Gasteiger partial charge in [0.1, 0.15) is 0 Å². The fourth-order valence-corrected chi connectivity index (χ4v) is 2.77. The Morgan fingerprint density at radius 2 is 1.48 bits per heavy atom. The summed E-state index contributed by atoms with van der Waals surface area (Å²) in [7, 11) is 0. The van der Waals surface area contributed by atoms with Gasteiger partial charge in [0.15, 0.2) is 11.5 Å². The van der Waals surface area contributed by atoms with Crippen LogP contribution >= 0.6 is 0 Å². The van der Waals surface area contributed by atoms with Crippen LogP contribution in [0.15, 0.2) is 84.9 Å². The van der Waals surface area contributed by atoms with Gasteiger partial charge < -0.3 is 9.47 Å². The highest BCUT2D eigenvalue weighted by atomic mass is 16.7. The van der Waals surface area contributed by atoms with Gasteiger partial charge >= 0.3 is 0 Å². The van der Waals surface area contributed by atoms with Gasteiger partial charge in [0.05, 0.1) is 11.4 Å². The highest BCUT2D eigenvalue weighted by Gasteiger charge is 2.13. The van der Waals surface area contributed by atoms with E-state index in [2.05, 4.69) is 5.43 Å². The highest BCUT2D eigenvalue weighted by molar-refractivity contribution is 5.93. The van der Waals surface area contributed by atoms with Gasteiger partial charge in [0.2, 0.25) is 6.79 Å². The molecule has 0 atom stereocenters. The minimum Gasteiger partial charge on any atom is -0.454 e. The Labute approximate surface area is 157 Å². The molecule has 1 amide bonds. The second-order valence-electron chi connectivity index (χ2n) is 5.93. The maximum absolute atomic E-state index is 12.5. The molecular weight excluding hydrogens is 340 g/mol. The van der Waals surface area contributed by atoms with Crippen molar-refractivity contribution < 1.29 is 14.3 Å². The number of para-hydroxylation sites is 2. The van der Waals surface area contributed by atoms with Gasteiger partial charge in [0.25, 0.3) is 5.91 Å². The number of carbonyl (C=O) groups is 1. The minimum atomic E-state index is -0.236. The van der Waals surface area contributed by atoms with Crippen molar-refractivity contribution >= 4 is 23.4 Å². The number of anilines is 2. The number of hydrazine groups is 1. The summed E-state index contributed by atoms with van der Waals surface area (Å²) in [5.41, 5.74) is 5.52. The van der Waals surface area contributed by atoms with Gasteiger partial charge in [-0.3, -0.25) is 15.2 Å². The van der Waals surface area contributed by atoms with Crippen molar-refractivity contribution in [3.05, 3.63) is 90.5 Å². The van der Waals surface area contributed by atoms with Gasteiger partial charge in [-0.25, -0.2) is 0 Å². The molecule has 27 heavy (non-hydrogen) atoms. The lowest BCUT2D eigenvalue weighted by molar-refractivity contribution is -0.116. The fraction of sp³-hybridized carbons (Fsp3) is 0.0455. The third kappa shape index (κ3) is 3.93. The Balaban J connectivity index is 1.52. The Bertz CT molecular complexity index is 916. The maximum atomic E-state index is 12.5. The number of hydrogen-bond donors (Lipinski definition) is 1. The summed E-state index contributed by atoms with van der Waals surface area (Å²) in [5.74, 6) is 1.17. The van der Waals surface area contributed by atoms with Crippen LogP contribution in [-0.4, -0.2) is 12.7 Å². The molecule has 0 aliphatic carbocycles. The van der Waals surface area contributed by atoms with Crippen LogP contribution in [0.1, 0.15) is 5.56 Å². The lowest BCUT2D eigenvalue weighted by atomic mass is 10.2. The first-order valence-electron chi connectivity index (χ1n) is 8.58. The zero-order chi connectivity index (χ0) is 18.5. The first-order chi connectivity index (χ1) is 13.3. The zero-order valence-corrected chi connectivity index (χ0v) is 14.5. The molecule has 4 rings (SSSR count). The predicted molar refractivity (Wildman–Crippen MR) is 105 cm³/mol. The van der Waals surface area contributed by atoms with E-state index in [0.29, 0.717) is 5.75 Å². The molecule has 1 aliphatic rings. The maximum Gasteiger partial charge on any atom is 0.262 e. The second-order valence-corrected chi connectivity index (χ2v) is 5.93. The van der Waals surface area contributed by atoms with Crippen LogP contribution in [-0.2, 0) is 4.79 Å². The number of nitrogens with one attached hydrogen (secondary N) is 1. The summed E-state index contributed by atoms with van der Waals surface area (Å²) in [6.45, 7) is 0.228. The number of hydrogen-bond acceptors (Lipinski definition) is 4. The molecule has 0 spiro atoms. The number of carbonyl (C=O) groups excluding carboxylic acids is 1. The van der Waals surface area contributed by atoms with Crippen LogP contribution in [0.2, 0.25) is 0 Å². The molecule has 5 nitrogen and oxygen atoms in total. The minimum absolute atomic E-state index is 0.228. The van der Waals surface area contributed by atoms with Gasteiger partial charge in [0, 0.05) is 6.08 Å². The molecule has 0 fully saturated rings. The smallest absolute Gasteiger partial charge is 0.262 e. The number of amides is 1. The SMILES string of the molecule is O=C(/C=C/c1ccc2c(c1)OCO2)NN(c1ccccc1)c1ccccc1. The Hall–Kier alpha value is -3.73. The molecule has 134 valence electrons. The molecule has 0 bridgehead atoms. The van der Waals surface area contributed by atoms with E-state index in [0.717, 1.165) is 22.7 Å². The molecule has 5 heteroatoms. The van der Waals surface area contributed by atoms with Crippen LogP contribution < -0.4 is 19.9 Å². The summed E-state index contributed by atoms with van der Waals surface area (Å²) in [4.78, 5) is 12.5. The van der Waals surface area contributed by atoms with E-state index >= 15 is 0 Å². The van der Waals surface area contributed by atoms with Crippen molar-refractivity contribution in [3.63, 3.8) is 0 Å². The number of fused-ring (bicyclic) bond motifs is 1. The lowest BCUT2D eigenvalue weighted by Gasteiger charge is -2.24. The fourth-order valence-electron chi connectivity index (χ4n) is 2.77. The van der Waals surface area contributed by atoms with Crippen LogP contribution in [0.3, 0.4) is 0 Å². The Kier molecular flexibility index (Phi) is 4.74. The summed E-state index contributed by atoms with van der Waals surface area (Å²) >= 11 is 0. The number of benzene rings is 3. The van der Waals surface area contributed by atoms with Crippen molar-refractivity contribution in [2.45, 2.75) is 0 Å². The summed E-state index contributed by atoms with van der Waals surface area (Å²) in [6.07, 6.45) is 3.24. The summed E-state index contributed by atoms with van der Waals surface area (Å²) in [5, 5.41) is 1.76. The van der Waals surface area contributed by atoms with E-state index in [-0.39, 0.29) is 12.7 Å². The van der Waals surface area contributed by atoms with Gasteiger partial charge in [-0.1, -0.05) is 42.5 Å². The van der Waals surface area contributed by atoms with Gasteiger partial charge in [-0.05, 0) is 48.0 Å². The van der Waals surface area contributed by atoms with E-state index in [1.165, 1.54) is 6.08 Å². The molecular formula is C22H18N2O3. The molecule has 1 heterocycles. The van der Waals surface area contributed by atoms with E-state index in [4.69, 9.17) is 9.47 Å². The van der Waals surface area contributed by atoms with Crippen LogP contribution in [0.4, 0.5) is 11.4 Å². The summed E-state index contributed by atoms with van der Waals surface area (Å²) in [6, 6.07) is 24.9. The van der Waals surface area contributed by atoms with E-state index in [9.17, 15) is 4.79 Å². The van der Waals surface area contributed by atoms with Crippen LogP contribution in [0.25, 0.3) is 6.08 Å². The van der Waals surface area contributed by atoms with Crippen LogP contribution in [0, 0.1) is 0 Å². The Morgan fingerprint density at radius 3 is 2.15 bits per heavy atom. The third-order valence-electron chi connectivity index (χ3n) is 4.07. The molecule has 3 aromatic rings. The first-order valence-corrected chi connectivity index (χ1v) is 8.58. The van der Waals surface area contributed by atoms with Crippen molar-refractivity contribution in [3.8, 4) is 11.5 Å². The van der Waals surface area contributed by atoms with Crippen molar-refractivity contribution in [2.24, 2.45) is 0 Å². The molecule has 0 saturated carbocycles. The van der Waals surface area contributed by atoms with Crippen LogP contribution in [0.5, 0.6) is 11.5 Å². The average molecular weight is 358 g/mol. The first kappa shape index (κ1) is 16.7. The van der Waals surface area contributed by atoms with E-state index in [1.807, 2.05) is 78.9 Å². The molecule has 0 unspecified atom stereocenters. The largest absolute Gasteiger partial charge is 0.454 e. The molecule has 0 saturated heterocycles. The average Bonchev–Trinajstić information content (AvgIpc) is 3.20. The topological polar surface area (TPSA) is 50.8 Å². The monoisotopic (exact) mass is 358 g/mol. The van der Waals surface area contributed by atoms with Gasteiger partial charge in [-0.15, -0.1) is 0 Å². The number of rotatable bonds is 5. The Morgan fingerprint density at radius 1 is 0.852 bits per heavy atom. The lowest BCUT2D eigenvalue weighted by Crippen LogP contribution is -2.37. The molecule has 3 aromatic carbocycles. The van der Waals surface area contributed by atoms with E-state index < -0.39 is 0 Å². The molecule has 0 radical (unpaired) electrons.